The third kappa shape index (κ3) is 2.79. The lowest BCUT2D eigenvalue weighted by Crippen LogP contribution is -2.44. The Hall–Kier alpha value is -1.69. The Labute approximate surface area is 129 Å². The van der Waals surface area contributed by atoms with Gasteiger partial charge in [-0.25, -0.2) is 4.98 Å². The zero-order valence-corrected chi connectivity index (χ0v) is 12.5. The van der Waals surface area contributed by atoms with Gasteiger partial charge in [0, 0.05) is 31.5 Å². The van der Waals surface area contributed by atoms with E-state index in [2.05, 4.69) is 9.88 Å². The first-order valence-electron chi connectivity index (χ1n) is 7.83. The molecule has 1 aromatic heterocycles. The fourth-order valence-corrected chi connectivity index (χ4v) is 3.15. The van der Waals surface area contributed by atoms with E-state index in [0.29, 0.717) is 0 Å². The van der Waals surface area contributed by atoms with Crippen LogP contribution in [0.4, 0.5) is 0 Å². The molecule has 2 aliphatic rings. The number of nitrogens with zero attached hydrogens (tertiary/aromatic N) is 2. The standard InChI is InChI=1S/C17H20N2O3/c1-2-4-14(5-3-1)15-12-18-16(22-15)13-19-8-6-17(7-9-19)20-10-11-21-17/h1-5,12H,6-11,13H2. The minimum Gasteiger partial charge on any atom is -0.439 e. The molecule has 5 heteroatoms. The molecule has 2 saturated heterocycles. The van der Waals surface area contributed by atoms with E-state index in [0.717, 1.165) is 62.9 Å². The number of hydrogen-bond acceptors (Lipinski definition) is 5. The molecule has 0 unspecified atom stereocenters. The van der Waals surface area contributed by atoms with Gasteiger partial charge in [-0.3, -0.25) is 4.90 Å². The molecule has 2 fully saturated rings. The van der Waals surface area contributed by atoms with Gasteiger partial charge in [-0.05, 0) is 0 Å². The summed E-state index contributed by atoms with van der Waals surface area (Å²) in [6, 6.07) is 10.1. The maximum Gasteiger partial charge on any atom is 0.209 e. The highest BCUT2D eigenvalue weighted by molar-refractivity contribution is 5.55. The predicted octanol–water partition coefficient (Wildman–Crippen LogP) is 2.68. The van der Waals surface area contributed by atoms with Crippen molar-refractivity contribution in [3.05, 3.63) is 42.4 Å². The Balaban J connectivity index is 1.37. The van der Waals surface area contributed by atoms with Crippen LogP contribution in [0.2, 0.25) is 0 Å². The lowest BCUT2D eigenvalue weighted by molar-refractivity contribution is -0.186. The van der Waals surface area contributed by atoms with E-state index < -0.39 is 0 Å². The maximum absolute atomic E-state index is 5.87. The molecule has 3 heterocycles. The largest absolute Gasteiger partial charge is 0.439 e. The molecule has 0 amide bonds. The van der Waals surface area contributed by atoms with E-state index in [-0.39, 0.29) is 5.79 Å². The second kappa shape index (κ2) is 5.83. The van der Waals surface area contributed by atoms with E-state index in [1.54, 1.807) is 6.20 Å². The zero-order valence-electron chi connectivity index (χ0n) is 12.5. The predicted molar refractivity (Wildman–Crippen MR) is 81.1 cm³/mol. The van der Waals surface area contributed by atoms with Crippen LogP contribution in [-0.2, 0) is 16.0 Å². The summed E-state index contributed by atoms with van der Waals surface area (Å²) in [5, 5.41) is 0. The Morgan fingerprint density at radius 2 is 1.77 bits per heavy atom. The van der Waals surface area contributed by atoms with Gasteiger partial charge >= 0.3 is 0 Å². The molecule has 1 aromatic carbocycles. The summed E-state index contributed by atoms with van der Waals surface area (Å²) >= 11 is 0. The lowest BCUT2D eigenvalue weighted by atomic mass is 10.0. The smallest absolute Gasteiger partial charge is 0.209 e. The van der Waals surface area contributed by atoms with Gasteiger partial charge in [0.1, 0.15) is 0 Å². The summed E-state index contributed by atoms with van der Waals surface area (Å²) in [5.41, 5.74) is 1.06. The van der Waals surface area contributed by atoms with E-state index in [4.69, 9.17) is 13.9 Å². The quantitative estimate of drug-likeness (QED) is 0.872. The van der Waals surface area contributed by atoms with Gasteiger partial charge in [0.15, 0.2) is 11.5 Å². The lowest BCUT2D eigenvalue weighted by Gasteiger charge is -2.36. The van der Waals surface area contributed by atoms with Crippen LogP contribution in [0.1, 0.15) is 18.7 Å². The molecule has 0 saturated carbocycles. The van der Waals surface area contributed by atoms with Crippen LogP contribution in [0.25, 0.3) is 11.3 Å². The minimum atomic E-state index is -0.317. The molecule has 22 heavy (non-hydrogen) atoms. The third-order valence-electron chi connectivity index (χ3n) is 4.40. The van der Waals surface area contributed by atoms with Crippen LogP contribution >= 0.6 is 0 Å². The van der Waals surface area contributed by atoms with Gasteiger partial charge in [0.05, 0.1) is 26.0 Å². The molecule has 0 radical (unpaired) electrons. The van der Waals surface area contributed by atoms with Gasteiger partial charge in [0.2, 0.25) is 5.89 Å². The molecule has 1 spiro atoms. The number of ether oxygens (including phenoxy) is 2. The van der Waals surface area contributed by atoms with Crippen molar-refractivity contribution < 1.29 is 13.9 Å². The second-order valence-corrected chi connectivity index (χ2v) is 5.87. The van der Waals surface area contributed by atoms with Crippen molar-refractivity contribution in [2.24, 2.45) is 0 Å². The van der Waals surface area contributed by atoms with Gasteiger partial charge in [0.25, 0.3) is 0 Å². The summed E-state index contributed by atoms with van der Waals surface area (Å²) < 4.78 is 17.4. The van der Waals surface area contributed by atoms with E-state index >= 15 is 0 Å². The molecular weight excluding hydrogens is 280 g/mol. The Morgan fingerprint density at radius 1 is 1.05 bits per heavy atom. The number of hydrogen-bond donors (Lipinski definition) is 0. The van der Waals surface area contributed by atoms with Crippen molar-refractivity contribution in [3.63, 3.8) is 0 Å². The van der Waals surface area contributed by atoms with Crippen molar-refractivity contribution >= 4 is 0 Å². The Kier molecular flexibility index (Phi) is 3.70. The molecule has 0 aliphatic carbocycles. The number of benzene rings is 1. The van der Waals surface area contributed by atoms with Crippen LogP contribution in [0.15, 0.2) is 40.9 Å². The molecule has 2 aliphatic heterocycles. The monoisotopic (exact) mass is 300 g/mol. The molecule has 4 rings (SSSR count). The first-order chi connectivity index (χ1) is 10.8. The highest BCUT2D eigenvalue weighted by atomic mass is 16.7. The van der Waals surface area contributed by atoms with Crippen LogP contribution < -0.4 is 0 Å². The molecule has 5 nitrogen and oxygen atoms in total. The molecular formula is C17H20N2O3. The Morgan fingerprint density at radius 3 is 2.50 bits per heavy atom. The van der Waals surface area contributed by atoms with E-state index in [1.807, 2.05) is 30.3 Å². The number of oxazole rings is 1. The van der Waals surface area contributed by atoms with Crippen molar-refractivity contribution in [1.82, 2.24) is 9.88 Å². The highest BCUT2D eigenvalue weighted by Gasteiger charge is 2.39. The Bertz CT molecular complexity index is 610. The van der Waals surface area contributed by atoms with Gasteiger partial charge in [-0.2, -0.15) is 0 Å². The minimum absolute atomic E-state index is 0.317. The molecule has 0 bridgehead atoms. The molecule has 116 valence electrons. The number of rotatable bonds is 3. The molecule has 0 atom stereocenters. The van der Waals surface area contributed by atoms with Crippen LogP contribution in [0.3, 0.4) is 0 Å². The maximum atomic E-state index is 5.87. The zero-order chi connectivity index (χ0) is 14.8. The molecule has 2 aromatic rings. The van der Waals surface area contributed by atoms with E-state index in [1.165, 1.54) is 0 Å². The first-order valence-corrected chi connectivity index (χ1v) is 7.83. The van der Waals surface area contributed by atoms with Crippen molar-refractivity contribution in [3.8, 4) is 11.3 Å². The first kappa shape index (κ1) is 13.9. The fraction of sp³-hybridized carbons (Fsp3) is 0.471. The highest BCUT2D eigenvalue weighted by Crippen LogP contribution is 2.31. The van der Waals surface area contributed by atoms with Crippen molar-refractivity contribution in [2.45, 2.75) is 25.2 Å². The van der Waals surface area contributed by atoms with Crippen molar-refractivity contribution in [2.75, 3.05) is 26.3 Å². The average Bonchev–Trinajstić information content (AvgIpc) is 3.21. The summed E-state index contributed by atoms with van der Waals surface area (Å²) in [6.45, 7) is 4.08. The van der Waals surface area contributed by atoms with Crippen LogP contribution in [0.5, 0.6) is 0 Å². The van der Waals surface area contributed by atoms with Gasteiger partial charge in [-0.15, -0.1) is 0 Å². The SMILES string of the molecule is c1ccc(-c2cnc(CN3CCC4(CC3)OCCO4)o2)cc1. The van der Waals surface area contributed by atoms with Gasteiger partial charge < -0.3 is 13.9 Å². The summed E-state index contributed by atoms with van der Waals surface area (Å²) in [5.74, 6) is 1.28. The number of aromatic nitrogens is 1. The number of piperidine rings is 1. The topological polar surface area (TPSA) is 47.7 Å². The van der Waals surface area contributed by atoms with Crippen molar-refractivity contribution in [1.29, 1.82) is 0 Å². The molecule has 0 N–H and O–H groups in total. The summed E-state index contributed by atoms with van der Waals surface area (Å²) in [6.07, 6.45) is 3.64. The van der Waals surface area contributed by atoms with Crippen LogP contribution in [0, 0.1) is 0 Å². The summed E-state index contributed by atoms with van der Waals surface area (Å²) in [4.78, 5) is 6.75. The third-order valence-corrected chi connectivity index (χ3v) is 4.40. The number of likely N-dealkylation sites (tertiary alicyclic amines) is 1. The van der Waals surface area contributed by atoms with Crippen LogP contribution in [-0.4, -0.2) is 42.0 Å². The second-order valence-electron chi connectivity index (χ2n) is 5.87. The van der Waals surface area contributed by atoms with Gasteiger partial charge in [-0.1, -0.05) is 30.3 Å². The van der Waals surface area contributed by atoms with E-state index in [9.17, 15) is 0 Å². The summed E-state index contributed by atoms with van der Waals surface area (Å²) in [7, 11) is 0. The average molecular weight is 300 g/mol. The fourth-order valence-electron chi connectivity index (χ4n) is 3.15. The normalized spacial score (nSPS) is 21.5.